The summed E-state index contributed by atoms with van der Waals surface area (Å²) in [6.07, 6.45) is 0. The van der Waals surface area contributed by atoms with Crippen LogP contribution in [0.4, 0.5) is 4.39 Å². The van der Waals surface area contributed by atoms with Gasteiger partial charge >= 0.3 is 0 Å². The lowest BCUT2D eigenvalue weighted by atomic mass is 10.2. The van der Waals surface area contributed by atoms with Crippen molar-refractivity contribution in [3.05, 3.63) is 33.3 Å². The normalized spacial score (nSPS) is 10.6. The first-order chi connectivity index (χ1) is 8.08. The summed E-state index contributed by atoms with van der Waals surface area (Å²) < 4.78 is 23.5. The summed E-state index contributed by atoms with van der Waals surface area (Å²) in [5, 5.41) is 0.131. The Morgan fingerprint density at radius 1 is 1.24 bits per heavy atom. The average Bonchev–Trinajstić information content (AvgIpc) is 2.34. The lowest BCUT2D eigenvalue weighted by Gasteiger charge is -2.09. The molecule has 2 aromatic rings. The molecule has 1 aromatic carbocycles. The molecule has 1 N–H and O–H groups in total. The van der Waals surface area contributed by atoms with Gasteiger partial charge in [0.1, 0.15) is 0 Å². The van der Waals surface area contributed by atoms with Gasteiger partial charge in [-0.2, -0.15) is 4.39 Å². The fourth-order valence-corrected chi connectivity index (χ4v) is 1.80. The first-order valence-electron chi connectivity index (χ1n) is 4.71. The molecule has 2 rings (SSSR count). The van der Waals surface area contributed by atoms with Crippen molar-refractivity contribution in [2.45, 2.75) is 0 Å². The highest BCUT2D eigenvalue weighted by atomic mass is 35.5. The van der Waals surface area contributed by atoms with Gasteiger partial charge in [-0.05, 0) is 6.07 Å². The summed E-state index contributed by atoms with van der Waals surface area (Å²) in [5.41, 5.74) is -0.478. The van der Waals surface area contributed by atoms with E-state index in [0.29, 0.717) is 22.4 Å². The zero-order valence-electron chi connectivity index (χ0n) is 9.14. The molecule has 0 atom stereocenters. The van der Waals surface area contributed by atoms with Gasteiger partial charge in [-0.25, -0.2) is 0 Å². The fourth-order valence-electron chi connectivity index (χ4n) is 1.56. The van der Waals surface area contributed by atoms with E-state index in [1.165, 1.54) is 26.4 Å². The molecule has 4 nitrogen and oxygen atoms in total. The van der Waals surface area contributed by atoms with Crippen LogP contribution in [0.5, 0.6) is 11.5 Å². The molecule has 0 aliphatic carbocycles. The lowest BCUT2D eigenvalue weighted by molar-refractivity contribution is 0.355. The number of pyridine rings is 1. The summed E-state index contributed by atoms with van der Waals surface area (Å²) >= 11 is 5.76. The Morgan fingerprint density at radius 2 is 1.82 bits per heavy atom. The van der Waals surface area contributed by atoms with Gasteiger partial charge in [-0.3, -0.25) is 4.79 Å². The highest BCUT2D eigenvalue weighted by Gasteiger charge is 2.14. The monoisotopic (exact) mass is 257 g/mol. The minimum absolute atomic E-state index is 0.232. The Kier molecular flexibility index (Phi) is 2.93. The number of rotatable bonds is 2. The van der Waals surface area contributed by atoms with Gasteiger partial charge in [0.15, 0.2) is 11.5 Å². The molecule has 0 saturated heterocycles. The van der Waals surface area contributed by atoms with E-state index in [2.05, 4.69) is 4.98 Å². The highest BCUT2D eigenvalue weighted by Crippen LogP contribution is 2.34. The summed E-state index contributed by atoms with van der Waals surface area (Å²) in [4.78, 5) is 13.6. The van der Waals surface area contributed by atoms with Crippen molar-refractivity contribution >= 4 is 22.5 Å². The molecule has 0 saturated carbocycles. The minimum Gasteiger partial charge on any atom is -0.493 e. The SMILES string of the molecule is COc1cc2[nH]c(=O)c(F)c(Cl)c2cc1OC. The van der Waals surface area contributed by atoms with Crippen LogP contribution in [-0.4, -0.2) is 19.2 Å². The smallest absolute Gasteiger partial charge is 0.286 e. The number of hydrogen-bond donors (Lipinski definition) is 1. The molecule has 6 heteroatoms. The maximum atomic E-state index is 13.3. The number of methoxy groups -OCH3 is 2. The zero-order valence-corrected chi connectivity index (χ0v) is 9.89. The van der Waals surface area contributed by atoms with Crippen molar-refractivity contribution in [3.63, 3.8) is 0 Å². The molecule has 0 spiro atoms. The molecule has 0 aliphatic rings. The van der Waals surface area contributed by atoms with Crippen molar-refractivity contribution in [1.82, 2.24) is 4.98 Å². The van der Waals surface area contributed by atoms with Crippen molar-refractivity contribution in [1.29, 1.82) is 0 Å². The van der Waals surface area contributed by atoms with Crippen LogP contribution in [-0.2, 0) is 0 Å². The largest absolute Gasteiger partial charge is 0.493 e. The Balaban J connectivity index is 2.88. The van der Waals surface area contributed by atoms with Crippen molar-refractivity contribution in [3.8, 4) is 11.5 Å². The second-order valence-corrected chi connectivity index (χ2v) is 3.71. The number of H-pyrrole nitrogens is 1. The second-order valence-electron chi connectivity index (χ2n) is 3.33. The van der Waals surface area contributed by atoms with Crippen molar-refractivity contribution < 1.29 is 13.9 Å². The summed E-state index contributed by atoms with van der Waals surface area (Å²) in [7, 11) is 2.92. The van der Waals surface area contributed by atoms with Crippen LogP contribution < -0.4 is 15.0 Å². The van der Waals surface area contributed by atoms with Gasteiger partial charge in [0.05, 0.1) is 24.8 Å². The molecular weight excluding hydrogens is 249 g/mol. The molecule has 0 amide bonds. The Bertz CT molecular complexity index is 639. The summed E-state index contributed by atoms with van der Waals surface area (Å²) in [6.45, 7) is 0. The number of fused-ring (bicyclic) bond motifs is 1. The first-order valence-corrected chi connectivity index (χ1v) is 5.09. The number of benzene rings is 1. The molecule has 17 heavy (non-hydrogen) atoms. The van der Waals surface area contributed by atoms with Crippen LogP contribution in [0.1, 0.15) is 0 Å². The van der Waals surface area contributed by atoms with E-state index < -0.39 is 11.4 Å². The second kappa shape index (κ2) is 4.25. The number of aromatic nitrogens is 1. The van der Waals surface area contributed by atoms with E-state index in [1.54, 1.807) is 0 Å². The third-order valence-electron chi connectivity index (χ3n) is 2.40. The summed E-state index contributed by atoms with van der Waals surface area (Å²) in [5.74, 6) is -0.168. The molecular formula is C11H9ClFNO3. The fraction of sp³-hybridized carbons (Fsp3) is 0.182. The molecule has 0 unspecified atom stereocenters. The van der Waals surface area contributed by atoms with Gasteiger partial charge in [-0.15, -0.1) is 0 Å². The highest BCUT2D eigenvalue weighted by molar-refractivity contribution is 6.35. The number of aromatic amines is 1. The van der Waals surface area contributed by atoms with E-state index in [-0.39, 0.29) is 5.02 Å². The third kappa shape index (κ3) is 1.82. The predicted octanol–water partition coefficient (Wildman–Crippen LogP) is 2.34. The van der Waals surface area contributed by atoms with Crippen molar-refractivity contribution in [2.24, 2.45) is 0 Å². The molecule has 90 valence electrons. The first kappa shape index (κ1) is 11.7. The van der Waals surface area contributed by atoms with Crippen LogP contribution in [0, 0.1) is 5.82 Å². The quantitative estimate of drug-likeness (QED) is 0.898. The number of nitrogens with one attached hydrogen (secondary N) is 1. The van der Waals surface area contributed by atoms with E-state index in [1.807, 2.05) is 0 Å². The van der Waals surface area contributed by atoms with Gasteiger partial charge < -0.3 is 14.5 Å². The standard InChI is InChI=1S/C11H9ClFNO3/c1-16-7-3-5-6(4-8(7)17-2)14-11(15)10(13)9(5)12/h3-4H,1-2H3,(H,14,15). The molecule has 0 aliphatic heterocycles. The van der Waals surface area contributed by atoms with Gasteiger partial charge in [-0.1, -0.05) is 11.6 Å². The minimum atomic E-state index is -1.01. The van der Waals surface area contributed by atoms with E-state index in [0.717, 1.165) is 0 Å². The average molecular weight is 258 g/mol. The molecule has 0 fully saturated rings. The van der Waals surface area contributed by atoms with Gasteiger partial charge in [0, 0.05) is 11.5 Å². The Labute approximate surface area is 101 Å². The van der Waals surface area contributed by atoms with E-state index in [4.69, 9.17) is 21.1 Å². The van der Waals surface area contributed by atoms with Crippen molar-refractivity contribution in [2.75, 3.05) is 14.2 Å². The maximum Gasteiger partial charge on any atom is 0.286 e. The molecule has 0 radical (unpaired) electrons. The maximum absolute atomic E-state index is 13.3. The summed E-state index contributed by atoms with van der Waals surface area (Å²) in [6, 6.07) is 3.04. The topological polar surface area (TPSA) is 51.3 Å². The predicted molar refractivity (Wildman–Crippen MR) is 62.6 cm³/mol. The van der Waals surface area contributed by atoms with Gasteiger partial charge in [0.2, 0.25) is 5.82 Å². The van der Waals surface area contributed by atoms with Crippen LogP contribution in [0.15, 0.2) is 16.9 Å². The Morgan fingerprint density at radius 3 is 2.41 bits per heavy atom. The third-order valence-corrected chi connectivity index (χ3v) is 2.77. The molecule has 0 bridgehead atoms. The number of hydrogen-bond acceptors (Lipinski definition) is 3. The van der Waals surface area contributed by atoms with Gasteiger partial charge in [0.25, 0.3) is 5.56 Å². The lowest BCUT2D eigenvalue weighted by Crippen LogP contribution is -2.11. The number of ether oxygens (including phenoxy) is 2. The van der Waals surface area contributed by atoms with Crippen LogP contribution in [0.3, 0.4) is 0 Å². The van der Waals surface area contributed by atoms with Crippen LogP contribution in [0.25, 0.3) is 10.9 Å². The van der Waals surface area contributed by atoms with Crippen LogP contribution >= 0.6 is 11.6 Å². The van der Waals surface area contributed by atoms with E-state index in [9.17, 15) is 9.18 Å². The molecule has 1 heterocycles. The van der Waals surface area contributed by atoms with Crippen LogP contribution in [0.2, 0.25) is 5.02 Å². The Hall–Kier alpha value is -1.75. The molecule has 1 aromatic heterocycles. The van der Waals surface area contributed by atoms with E-state index >= 15 is 0 Å². The zero-order chi connectivity index (χ0) is 12.6. The number of halogens is 2.